The first-order valence-electron chi connectivity index (χ1n) is 16.6. The monoisotopic (exact) mass is 800 g/mol. The second kappa shape index (κ2) is 20.1. The number of carbonyl (C=O) groups is 4. The number of hydrogen-bond donors (Lipinski definition) is 2. The summed E-state index contributed by atoms with van der Waals surface area (Å²) in [5, 5.41) is 10.7. The minimum Gasteiger partial charge on any atom is -0.460 e. The average molecular weight is 803 g/mol. The van der Waals surface area contributed by atoms with Crippen LogP contribution in [0.15, 0.2) is 59.3 Å². The number of nitrogens with one attached hydrogen (secondary N) is 2. The Hall–Kier alpha value is -3.51. The Morgan fingerprint density at radius 1 is 0.885 bits per heavy atom. The van der Waals surface area contributed by atoms with Crippen LogP contribution in [-0.4, -0.2) is 63.7 Å². The van der Waals surface area contributed by atoms with E-state index in [1.807, 2.05) is 39.0 Å². The number of nitrogens with zero attached hydrogens (tertiary/aromatic N) is 2. The Labute approximate surface area is 325 Å². The zero-order valence-electron chi connectivity index (χ0n) is 30.9. The molecule has 0 aliphatic heterocycles. The van der Waals surface area contributed by atoms with Gasteiger partial charge in [0.1, 0.15) is 17.2 Å². The fourth-order valence-corrected chi connectivity index (χ4v) is 5.12. The first-order valence-corrected chi connectivity index (χ1v) is 18.2. The van der Waals surface area contributed by atoms with Crippen molar-refractivity contribution in [3.05, 3.63) is 70.3 Å². The van der Waals surface area contributed by atoms with Crippen molar-refractivity contribution >= 4 is 76.0 Å². The maximum Gasteiger partial charge on any atom is 0.408 e. The molecule has 286 valence electrons. The van der Waals surface area contributed by atoms with Crippen molar-refractivity contribution in [3.8, 4) is 11.3 Å². The van der Waals surface area contributed by atoms with Crippen molar-refractivity contribution in [3.63, 3.8) is 0 Å². The molecular weight excluding hydrogens is 754 g/mol. The summed E-state index contributed by atoms with van der Waals surface area (Å²) >= 11 is 23.5. The summed E-state index contributed by atoms with van der Waals surface area (Å²) in [4.78, 5) is 51.8. The van der Waals surface area contributed by atoms with E-state index in [1.54, 1.807) is 71.9 Å². The lowest BCUT2D eigenvalue weighted by atomic mass is 10.0. The third-order valence-corrected chi connectivity index (χ3v) is 8.30. The topological polar surface area (TPSA) is 140 Å². The van der Waals surface area contributed by atoms with Crippen LogP contribution in [0.1, 0.15) is 73.8 Å². The van der Waals surface area contributed by atoms with Gasteiger partial charge in [0.05, 0.1) is 6.20 Å². The first-order chi connectivity index (χ1) is 24.1. The number of benzene rings is 2. The molecule has 3 aromatic rings. The maximum absolute atomic E-state index is 13.6. The quantitative estimate of drug-likeness (QED) is 0.137. The van der Waals surface area contributed by atoms with Crippen LogP contribution < -0.4 is 15.5 Å². The fraction of sp³-hybridized carbons (Fsp3) is 0.486. The standard InChI is InChI=1S/C30H42Cl2N4O7.C7H6Cl2/c1-18(2)22(17-36(27(39)25(31)32)20-11-9-10-19(16-20)23-14-15-33-43-23)34-26(38)21(35-28(40)42-30(6,7)8)12-13-24(37)41-29(3,4)5;1-5-6(8)3-2-4-7(5)9/h9-11,14-16,18,21-22,25H,12-13,17H2,1-8H3,(H,34,38)(H,35,40);2-4H,1H3. The van der Waals surface area contributed by atoms with Gasteiger partial charge in [0.15, 0.2) is 10.6 Å². The summed E-state index contributed by atoms with van der Waals surface area (Å²) in [5.41, 5.74) is 0.568. The predicted octanol–water partition coefficient (Wildman–Crippen LogP) is 8.94. The molecule has 2 unspecified atom stereocenters. The van der Waals surface area contributed by atoms with Gasteiger partial charge < -0.3 is 29.5 Å². The van der Waals surface area contributed by atoms with E-state index in [0.29, 0.717) is 17.0 Å². The normalized spacial score (nSPS) is 12.7. The number of alkyl halides is 2. The molecular formula is C37H48Cl4N4O7. The van der Waals surface area contributed by atoms with Gasteiger partial charge in [-0.1, -0.05) is 83.6 Å². The number of esters is 1. The highest BCUT2D eigenvalue weighted by Gasteiger charge is 2.31. The number of amides is 3. The van der Waals surface area contributed by atoms with Crippen LogP contribution in [0.5, 0.6) is 0 Å². The Morgan fingerprint density at radius 2 is 1.48 bits per heavy atom. The number of alkyl carbamates (subject to hydrolysis) is 1. The Balaban J connectivity index is 0.000000901. The third-order valence-electron chi connectivity index (χ3n) is 7.11. The zero-order chi connectivity index (χ0) is 39.4. The molecule has 1 heterocycles. The van der Waals surface area contributed by atoms with E-state index < -0.39 is 52.0 Å². The van der Waals surface area contributed by atoms with Crippen LogP contribution in [0.4, 0.5) is 10.5 Å². The van der Waals surface area contributed by atoms with Crippen LogP contribution in [0.3, 0.4) is 0 Å². The highest BCUT2D eigenvalue weighted by atomic mass is 35.5. The summed E-state index contributed by atoms with van der Waals surface area (Å²) in [7, 11) is 0. The van der Waals surface area contributed by atoms with Gasteiger partial charge in [-0.05, 0) is 90.6 Å². The van der Waals surface area contributed by atoms with E-state index in [9.17, 15) is 19.2 Å². The summed E-state index contributed by atoms with van der Waals surface area (Å²) in [6, 6.07) is 12.4. The van der Waals surface area contributed by atoms with Crippen LogP contribution in [-0.2, 0) is 23.9 Å². The number of halogens is 4. The molecule has 52 heavy (non-hydrogen) atoms. The number of hydrogen-bond acceptors (Lipinski definition) is 8. The molecule has 0 spiro atoms. The lowest BCUT2D eigenvalue weighted by Crippen LogP contribution is -2.55. The Kier molecular flexibility index (Phi) is 17.2. The molecule has 2 N–H and O–H groups in total. The number of anilines is 1. The van der Waals surface area contributed by atoms with Gasteiger partial charge in [0.2, 0.25) is 5.91 Å². The molecule has 0 fully saturated rings. The number of rotatable bonds is 12. The fourth-order valence-electron chi connectivity index (χ4n) is 4.49. The van der Waals surface area contributed by atoms with Crippen LogP contribution in [0, 0.1) is 12.8 Å². The van der Waals surface area contributed by atoms with Gasteiger partial charge in [0, 0.05) is 46.4 Å². The SMILES string of the molecule is CC(C)C(CN(C(=O)C(Cl)Cl)c1cccc(-c2ccno2)c1)NC(=O)C(CCC(=O)OC(C)(C)C)NC(=O)OC(C)(C)C.Cc1c(Cl)cccc1Cl. The van der Waals surface area contributed by atoms with Crippen molar-refractivity contribution in [2.24, 2.45) is 5.92 Å². The van der Waals surface area contributed by atoms with E-state index in [1.165, 1.54) is 11.1 Å². The average Bonchev–Trinajstić information content (AvgIpc) is 3.57. The van der Waals surface area contributed by atoms with E-state index in [4.69, 9.17) is 60.4 Å². The molecule has 3 rings (SSSR count). The molecule has 0 saturated carbocycles. The molecule has 1 aromatic heterocycles. The van der Waals surface area contributed by atoms with E-state index >= 15 is 0 Å². The zero-order valence-corrected chi connectivity index (χ0v) is 33.9. The second-order valence-corrected chi connectivity index (χ2v) is 16.1. The minimum atomic E-state index is -1.37. The highest BCUT2D eigenvalue weighted by Crippen LogP contribution is 2.27. The molecule has 11 nitrogen and oxygen atoms in total. The molecule has 0 saturated heterocycles. The van der Waals surface area contributed by atoms with Crippen LogP contribution in [0.2, 0.25) is 10.0 Å². The molecule has 15 heteroatoms. The smallest absolute Gasteiger partial charge is 0.408 e. The largest absolute Gasteiger partial charge is 0.460 e. The van der Waals surface area contributed by atoms with Crippen molar-refractivity contribution in [2.45, 2.75) is 103 Å². The summed E-state index contributed by atoms with van der Waals surface area (Å²) in [6.07, 6.45) is 0.522. The molecule has 3 amide bonds. The Bertz CT molecular complexity index is 1620. The highest BCUT2D eigenvalue weighted by molar-refractivity contribution is 6.54. The minimum absolute atomic E-state index is 0.00324. The van der Waals surface area contributed by atoms with E-state index in [0.717, 1.165) is 15.6 Å². The lowest BCUT2D eigenvalue weighted by Gasteiger charge is -2.32. The maximum atomic E-state index is 13.6. The molecule has 0 bridgehead atoms. The third kappa shape index (κ3) is 15.6. The van der Waals surface area contributed by atoms with Gasteiger partial charge >= 0.3 is 12.1 Å². The molecule has 0 aliphatic carbocycles. The molecule has 2 aromatic carbocycles. The van der Waals surface area contributed by atoms with Crippen LogP contribution in [0.25, 0.3) is 11.3 Å². The molecule has 0 radical (unpaired) electrons. The van der Waals surface area contributed by atoms with E-state index in [-0.39, 0.29) is 25.3 Å². The molecule has 0 aliphatic rings. The van der Waals surface area contributed by atoms with Gasteiger partial charge in [-0.15, -0.1) is 0 Å². The van der Waals surface area contributed by atoms with Crippen LogP contribution >= 0.6 is 46.4 Å². The summed E-state index contributed by atoms with van der Waals surface area (Å²) in [6.45, 7) is 15.9. The van der Waals surface area contributed by atoms with Crippen molar-refractivity contribution in [1.29, 1.82) is 0 Å². The van der Waals surface area contributed by atoms with Crippen molar-refractivity contribution < 1.29 is 33.2 Å². The first kappa shape index (κ1) is 44.7. The summed E-state index contributed by atoms with van der Waals surface area (Å²) in [5.74, 6) is -1.35. The van der Waals surface area contributed by atoms with Gasteiger partial charge in [-0.3, -0.25) is 14.4 Å². The van der Waals surface area contributed by atoms with Gasteiger partial charge in [-0.25, -0.2) is 4.79 Å². The van der Waals surface area contributed by atoms with Gasteiger partial charge in [0.25, 0.3) is 5.91 Å². The number of ether oxygens (including phenoxy) is 2. The van der Waals surface area contributed by atoms with Crippen molar-refractivity contribution in [2.75, 3.05) is 11.4 Å². The summed E-state index contributed by atoms with van der Waals surface area (Å²) < 4.78 is 16.0. The molecule has 2 atom stereocenters. The van der Waals surface area contributed by atoms with Gasteiger partial charge in [-0.2, -0.15) is 0 Å². The second-order valence-electron chi connectivity index (χ2n) is 14.2. The van der Waals surface area contributed by atoms with Crippen molar-refractivity contribution in [1.82, 2.24) is 15.8 Å². The van der Waals surface area contributed by atoms with E-state index in [2.05, 4.69) is 15.8 Å². The number of aromatic nitrogens is 1. The lowest BCUT2D eigenvalue weighted by molar-refractivity contribution is -0.155. The number of carbonyl (C=O) groups excluding carboxylic acids is 4. The predicted molar refractivity (Wildman–Crippen MR) is 206 cm³/mol. The Morgan fingerprint density at radius 3 is 1.98 bits per heavy atom.